The number of amides is 2. The van der Waals surface area contributed by atoms with Gasteiger partial charge < -0.3 is 9.80 Å². The number of allylic oxidation sites excluding steroid dienone is 2. The number of hydrogen-bond acceptors (Lipinski definition) is 2. The van der Waals surface area contributed by atoms with Crippen LogP contribution in [0.4, 0.5) is 8.78 Å². The van der Waals surface area contributed by atoms with Crippen LogP contribution in [0.5, 0.6) is 0 Å². The summed E-state index contributed by atoms with van der Waals surface area (Å²) in [6.07, 6.45) is 6.76. The van der Waals surface area contributed by atoms with Crippen molar-refractivity contribution in [2.45, 2.75) is 19.3 Å². The molecule has 0 spiro atoms. The Labute approximate surface area is 139 Å². The van der Waals surface area contributed by atoms with Gasteiger partial charge in [0.15, 0.2) is 0 Å². The maximum atomic E-state index is 13.7. The Morgan fingerprint density at radius 2 is 1.79 bits per heavy atom. The Morgan fingerprint density at radius 1 is 1.08 bits per heavy atom. The highest BCUT2D eigenvalue weighted by molar-refractivity contribution is 5.94. The average Bonchev–Trinajstić information content (AvgIpc) is 3.07. The molecule has 1 saturated heterocycles. The smallest absolute Gasteiger partial charge is 0.256 e. The normalized spacial score (nSPS) is 20.5. The highest BCUT2D eigenvalue weighted by Gasteiger charge is 2.27. The maximum absolute atomic E-state index is 13.7. The first kappa shape index (κ1) is 16.6. The van der Waals surface area contributed by atoms with Gasteiger partial charge >= 0.3 is 0 Å². The zero-order valence-electron chi connectivity index (χ0n) is 13.4. The fraction of sp³-hybridized carbons (Fsp3) is 0.444. The molecule has 0 aromatic heterocycles. The maximum Gasteiger partial charge on any atom is 0.256 e. The first-order chi connectivity index (χ1) is 11.5. The molecule has 1 aliphatic heterocycles. The molecule has 6 heteroatoms. The van der Waals surface area contributed by atoms with Crippen molar-refractivity contribution in [2.24, 2.45) is 5.92 Å². The molecule has 1 aromatic rings. The summed E-state index contributed by atoms with van der Waals surface area (Å²) in [7, 11) is 0. The van der Waals surface area contributed by atoms with E-state index < -0.39 is 17.5 Å². The number of nitrogens with zero attached hydrogens (tertiary/aromatic N) is 2. The van der Waals surface area contributed by atoms with Crippen LogP contribution in [-0.4, -0.2) is 47.8 Å². The number of halogens is 2. The Hall–Kier alpha value is -2.24. The highest BCUT2D eigenvalue weighted by atomic mass is 19.1. The third-order valence-electron chi connectivity index (χ3n) is 4.63. The molecule has 0 bridgehead atoms. The largest absolute Gasteiger partial charge is 0.339 e. The van der Waals surface area contributed by atoms with Gasteiger partial charge in [0.25, 0.3) is 5.91 Å². The SMILES string of the molecule is O=C(C[C@@H]1C=CCC1)N1CCN(C(=O)c2ccc(F)cc2F)CC1. The summed E-state index contributed by atoms with van der Waals surface area (Å²) >= 11 is 0. The van der Waals surface area contributed by atoms with E-state index >= 15 is 0 Å². The molecule has 1 atom stereocenters. The molecular formula is C18H20F2N2O2. The first-order valence-electron chi connectivity index (χ1n) is 8.23. The molecule has 1 aliphatic carbocycles. The van der Waals surface area contributed by atoms with Crippen molar-refractivity contribution in [1.82, 2.24) is 9.80 Å². The van der Waals surface area contributed by atoms with E-state index in [2.05, 4.69) is 12.2 Å². The van der Waals surface area contributed by atoms with Crippen molar-refractivity contribution in [2.75, 3.05) is 26.2 Å². The summed E-state index contributed by atoms with van der Waals surface area (Å²) in [5, 5.41) is 0. The molecule has 0 radical (unpaired) electrons. The average molecular weight is 334 g/mol. The van der Waals surface area contributed by atoms with Gasteiger partial charge in [0.05, 0.1) is 5.56 Å². The van der Waals surface area contributed by atoms with Gasteiger partial charge in [0.1, 0.15) is 11.6 Å². The Bertz CT molecular complexity index is 667. The molecule has 2 amide bonds. The van der Waals surface area contributed by atoms with Gasteiger partial charge in [-0.1, -0.05) is 12.2 Å². The Kier molecular flexibility index (Phi) is 4.92. The van der Waals surface area contributed by atoms with E-state index in [1.807, 2.05) is 0 Å². The summed E-state index contributed by atoms with van der Waals surface area (Å²) in [5.41, 5.74) is -0.132. The molecule has 0 N–H and O–H groups in total. The lowest BCUT2D eigenvalue weighted by molar-refractivity contribution is -0.133. The third kappa shape index (κ3) is 3.63. The van der Waals surface area contributed by atoms with Crippen LogP contribution in [-0.2, 0) is 4.79 Å². The van der Waals surface area contributed by atoms with E-state index in [-0.39, 0.29) is 11.5 Å². The summed E-state index contributed by atoms with van der Waals surface area (Å²) in [4.78, 5) is 27.9. The third-order valence-corrected chi connectivity index (χ3v) is 4.63. The van der Waals surface area contributed by atoms with Gasteiger partial charge in [-0.25, -0.2) is 8.78 Å². The highest BCUT2D eigenvalue weighted by Crippen LogP contribution is 2.22. The van der Waals surface area contributed by atoms with Crippen molar-refractivity contribution in [3.8, 4) is 0 Å². The summed E-state index contributed by atoms with van der Waals surface area (Å²) in [6, 6.07) is 2.95. The van der Waals surface area contributed by atoms with Crippen LogP contribution >= 0.6 is 0 Å². The van der Waals surface area contributed by atoms with E-state index in [1.54, 1.807) is 4.90 Å². The summed E-state index contributed by atoms with van der Waals surface area (Å²) in [6.45, 7) is 1.62. The lowest BCUT2D eigenvalue weighted by Crippen LogP contribution is -2.51. The Morgan fingerprint density at radius 3 is 2.42 bits per heavy atom. The predicted octanol–water partition coefficient (Wildman–Crippen LogP) is 2.61. The lowest BCUT2D eigenvalue weighted by Gasteiger charge is -2.35. The van der Waals surface area contributed by atoms with Crippen LogP contribution in [0.3, 0.4) is 0 Å². The second-order valence-corrected chi connectivity index (χ2v) is 6.27. The standard InChI is InChI=1S/C18H20F2N2O2/c19-14-5-6-15(16(20)12-14)18(24)22-9-7-21(8-10-22)17(23)11-13-3-1-2-4-13/h1,3,5-6,12-13H,2,4,7-11H2/t13-/m1/s1. The predicted molar refractivity (Wildman–Crippen MR) is 85.3 cm³/mol. The molecule has 1 heterocycles. The van der Waals surface area contributed by atoms with Gasteiger partial charge in [-0.3, -0.25) is 9.59 Å². The minimum Gasteiger partial charge on any atom is -0.339 e. The summed E-state index contributed by atoms with van der Waals surface area (Å²) < 4.78 is 26.7. The van der Waals surface area contributed by atoms with Gasteiger partial charge in [0.2, 0.25) is 5.91 Å². The van der Waals surface area contributed by atoms with Crippen molar-refractivity contribution in [3.05, 3.63) is 47.5 Å². The molecule has 4 nitrogen and oxygen atoms in total. The van der Waals surface area contributed by atoms with E-state index in [0.717, 1.165) is 25.0 Å². The second kappa shape index (κ2) is 7.11. The van der Waals surface area contributed by atoms with Crippen LogP contribution in [0.1, 0.15) is 29.6 Å². The van der Waals surface area contributed by atoms with Crippen molar-refractivity contribution in [1.29, 1.82) is 0 Å². The summed E-state index contributed by atoms with van der Waals surface area (Å²) in [5.74, 6) is -1.60. The van der Waals surface area contributed by atoms with Crippen LogP contribution in [0.15, 0.2) is 30.4 Å². The number of hydrogen-bond donors (Lipinski definition) is 0. The molecule has 0 saturated carbocycles. The molecule has 3 rings (SSSR count). The van der Waals surface area contributed by atoms with Gasteiger partial charge in [-0.15, -0.1) is 0 Å². The van der Waals surface area contributed by atoms with Crippen molar-refractivity contribution >= 4 is 11.8 Å². The van der Waals surface area contributed by atoms with Crippen LogP contribution < -0.4 is 0 Å². The molecule has 1 aromatic carbocycles. The molecule has 1 fully saturated rings. The fourth-order valence-electron chi connectivity index (χ4n) is 3.21. The zero-order valence-corrected chi connectivity index (χ0v) is 13.4. The fourth-order valence-corrected chi connectivity index (χ4v) is 3.21. The number of carbonyl (C=O) groups excluding carboxylic acids is 2. The molecule has 0 unspecified atom stereocenters. The minimum atomic E-state index is -0.855. The van der Waals surface area contributed by atoms with Gasteiger partial charge in [-0.05, 0) is 30.9 Å². The van der Waals surface area contributed by atoms with E-state index in [1.165, 1.54) is 4.90 Å². The second-order valence-electron chi connectivity index (χ2n) is 6.27. The van der Waals surface area contributed by atoms with Gasteiger partial charge in [-0.2, -0.15) is 0 Å². The first-order valence-corrected chi connectivity index (χ1v) is 8.23. The van der Waals surface area contributed by atoms with E-state index in [4.69, 9.17) is 0 Å². The van der Waals surface area contributed by atoms with Crippen LogP contribution in [0.25, 0.3) is 0 Å². The Balaban J connectivity index is 1.55. The van der Waals surface area contributed by atoms with Crippen molar-refractivity contribution in [3.63, 3.8) is 0 Å². The van der Waals surface area contributed by atoms with E-state index in [0.29, 0.717) is 44.6 Å². The number of carbonyl (C=O) groups is 2. The lowest BCUT2D eigenvalue weighted by atomic mass is 10.0. The molecule has 24 heavy (non-hydrogen) atoms. The number of rotatable bonds is 3. The van der Waals surface area contributed by atoms with E-state index in [9.17, 15) is 18.4 Å². The molecule has 128 valence electrons. The van der Waals surface area contributed by atoms with Crippen LogP contribution in [0, 0.1) is 17.6 Å². The minimum absolute atomic E-state index is 0.103. The zero-order chi connectivity index (χ0) is 17.1. The van der Waals surface area contributed by atoms with Gasteiger partial charge in [0, 0.05) is 38.7 Å². The van der Waals surface area contributed by atoms with Crippen molar-refractivity contribution < 1.29 is 18.4 Å². The topological polar surface area (TPSA) is 40.6 Å². The number of benzene rings is 1. The monoisotopic (exact) mass is 334 g/mol. The van der Waals surface area contributed by atoms with Crippen LogP contribution in [0.2, 0.25) is 0 Å². The number of piperazine rings is 1. The molecular weight excluding hydrogens is 314 g/mol. The molecule has 2 aliphatic rings. The quantitative estimate of drug-likeness (QED) is 0.797.